The first-order valence-corrected chi connectivity index (χ1v) is 0.547. The summed E-state index contributed by atoms with van der Waals surface area (Å²) < 4.78 is 0. The van der Waals surface area contributed by atoms with E-state index in [4.69, 9.17) is 10.1 Å². The van der Waals surface area contributed by atoms with Gasteiger partial charge in [-0.3, -0.25) is 0 Å². The predicted octanol–water partition coefficient (Wildman–Crippen LogP) is -0.0451. The van der Waals surface area contributed by atoms with E-state index in [9.17, 15) is 0 Å². The van der Waals surface area contributed by atoms with Crippen LogP contribution in [0.25, 0.3) is 0 Å². The maximum atomic E-state index is 8.00. The number of hydrogen-bond donors (Lipinski definition) is 0. The molecule has 0 radical (unpaired) electrons. The SMILES string of the molecule is C#N.C=O. The molecule has 2 nitrogen and oxygen atoms in total. The lowest BCUT2D eigenvalue weighted by molar-refractivity contribution is -0.0979. The van der Waals surface area contributed by atoms with E-state index in [0.717, 1.165) is 0 Å². The molecule has 22 valence electrons. The van der Waals surface area contributed by atoms with Gasteiger partial charge in [0.05, 0.1) is 0 Å². The van der Waals surface area contributed by atoms with Crippen molar-refractivity contribution < 1.29 is 4.79 Å². The topological polar surface area (TPSA) is 40.9 Å². The van der Waals surface area contributed by atoms with Crippen LogP contribution < -0.4 is 0 Å². The van der Waals surface area contributed by atoms with Gasteiger partial charge < -0.3 is 4.79 Å². The molecular weight excluding hydrogens is 54.0 g/mol. The van der Waals surface area contributed by atoms with Crippen LogP contribution in [-0.2, 0) is 4.79 Å². The molecule has 0 N–H and O–H groups in total. The van der Waals surface area contributed by atoms with Crippen LogP contribution in [0.4, 0.5) is 0 Å². The second-order valence-corrected chi connectivity index (χ2v) is 0. The summed E-state index contributed by atoms with van der Waals surface area (Å²) in [6, 6.07) is 0. The van der Waals surface area contributed by atoms with Gasteiger partial charge in [0.2, 0.25) is 0 Å². The number of nitrogens with zero attached hydrogens (tertiary/aromatic N) is 1. The fourth-order valence-corrected chi connectivity index (χ4v) is 0. The van der Waals surface area contributed by atoms with Gasteiger partial charge in [0.25, 0.3) is 0 Å². The Labute approximate surface area is 24.7 Å². The van der Waals surface area contributed by atoms with Crippen molar-refractivity contribution in [2.75, 3.05) is 0 Å². The Hall–Kier alpha value is -0.840. The molecule has 0 fully saturated rings. The van der Waals surface area contributed by atoms with Gasteiger partial charge in [0, 0.05) is 6.57 Å². The third-order valence-electron chi connectivity index (χ3n) is 0. The fraction of sp³-hybridized carbons (Fsp3) is 0. The van der Waals surface area contributed by atoms with Crippen LogP contribution in [0.5, 0.6) is 0 Å². The van der Waals surface area contributed by atoms with Gasteiger partial charge in [-0.15, -0.1) is 0 Å². The highest BCUT2D eigenvalue weighted by Crippen LogP contribution is 0.586. The van der Waals surface area contributed by atoms with Gasteiger partial charge in [0.15, 0.2) is 0 Å². The number of rotatable bonds is 0. The first kappa shape index (κ1) is 11.0. The first-order chi connectivity index (χ1) is 2.00. The highest BCUT2D eigenvalue weighted by Gasteiger charge is 0.636. The summed E-state index contributed by atoms with van der Waals surface area (Å²) in [5, 5.41) is 6.50. The van der Waals surface area contributed by atoms with Gasteiger partial charge in [-0.25, -0.2) is 5.26 Å². The zero-order valence-electron chi connectivity index (χ0n) is 2.14. The van der Waals surface area contributed by atoms with E-state index in [-0.39, 0.29) is 0 Å². The minimum absolute atomic E-state index is 2.00. The quantitative estimate of drug-likeness (QED) is 0.391. The lowest BCUT2D eigenvalue weighted by atomic mass is 11.9. The molecule has 0 aliphatic rings. The van der Waals surface area contributed by atoms with Gasteiger partial charge >= 0.3 is 0 Å². The molecule has 0 saturated carbocycles. The third-order valence-corrected chi connectivity index (χ3v) is 0. The fourth-order valence-electron chi connectivity index (χ4n) is 0. The molecular formula is C2H3NO. The smallest absolute Gasteiger partial charge is 0.106 e. The average Bonchev–Trinajstić information content (AvgIpc) is 1.50. The molecule has 0 aliphatic carbocycles. The Morgan fingerprint density at radius 2 is 1.50 bits per heavy atom. The van der Waals surface area contributed by atoms with Crippen LogP contribution in [-0.4, -0.2) is 6.79 Å². The predicted molar refractivity (Wildman–Crippen MR) is 13.8 cm³/mol. The summed E-state index contributed by atoms with van der Waals surface area (Å²) >= 11 is 0. The molecule has 0 rings (SSSR count). The van der Waals surface area contributed by atoms with Gasteiger partial charge in [0.1, 0.15) is 6.79 Å². The van der Waals surface area contributed by atoms with Crippen molar-refractivity contribution in [2.24, 2.45) is 0 Å². The summed E-state index contributed by atoms with van der Waals surface area (Å²) in [5.41, 5.74) is 0. The van der Waals surface area contributed by atoms with Gasteiger partial charge in [-0.2, -0.15) is 0 Å². The van der Waals surface area contributed by atoms with Crippen molar-refractivity contribution in [1.29, 1.82) is 5.26 Å². The number of carbonyl (C=O) groups is 1. The summed E-state index contributed by atoms with van der Waals surface area (Å²) in [7, 11) is 0. The lowest BCUT2D eigenvalue weighted by Crippen LogP contribution is -0.925. The average molecular weight is 57.1 g/mol. The molecule has 2 heteroatoms. The van der Waals surface area contributed by atoms with Crippen LogP contribution >= 0.6 is 0 Å². The minimum atomic E-state index is 2.00. The normalized spacial score (nSPS) is 1.50. The minimum Gasteiger partial charge on any atom is -0.307 e. The van der Waals surface area contributed by atoms with Crippen LogP contribution in [0.3, 0.4) is 0 Å². The molecule has 0 amide bonds. The van der Waals surface area contributed by atoms with Gasteiger partial charge in [-0.05, 0) is 0 Å². The van der Waals surface area contributed by atoms with Crippen LogP contribution in [0.15, 0.2) is 0 Å². The molecule has 0 atom stereocenters. The maximum Gasteiger partial charge on any atom is 0.106 e. The second kappa shape index (κ2) is 4.12. The summed E-state index contributed by atoms with van der Waals surface area (Å²) in [6.45, 7) is 5.50. The second-order valence-electron chi connectivity index (χ2n) is 0. The van der Waals surface area contributed by atoms with E-state index in [2.05, 4.69) is 6.57 Å². The van der Waals surface area contributed by atoms with Crippen molar-refractivity contribution in [1.82, 2.24) is 0 Å². The highest BCUT2D eigenvalue weighted by molar-refractivity contribution is 5.10. The Balaban J connectivity index is 0. The lowest BCUT2D eigenvalue weighted by Gasteiger charge is -0.837. The number of carbonyl (C=O) groups excluding carboxylic acids is 1. The Bertz CT molecular complexity index is 17.2. The zero-order chi connectivity index (χ0) is 4.00. The van der Waals surface area contributed by atoms with Gasteiger partial charge in [-0.1, -0.05) is 0 Å². The zero-order valence-corrected chi connectivity index (χ0v) is 2.14. The molecule has 0 aromatic heterocycles. The van der Waals surface area contributed by atoms with Crippen molar-refractivity contribution in [3.05, 3.63) is 0 Å². The molecule has 0 aromatic rings. The molecule has 0 heterocycles. The van der Waals surface area contributed by atoms with Crippen molar-refractivity contribution in [3.63, 3.8) is 0 Å². The van der Waals surface area contributed by atoms with E-state index in [0.29, 0.717) is 0 Å². The standard InChI is InChI=1S/CHN.CH2O/c2*1-2/h1H;1H2. The molecule has 0 unspecified atom stereocenters. The molecule has 0 bridgehead atoms. The van der Waals surface area contributed by atoms with Crippen molar-refractivity contribution in [2.45, 2.75) is 0 Å². The van der Waals surface area contributed by atoms with Crippen LogP contribution in [0.2, 0.25) is 0 Å². The Kier molecular flexibility index (Phi) is 11.3. The largest absolute Gasteiger partial charge is 0.307 e. The number of hydrogen-bond acceptors (Lipinski definition) is 2. The highest BCUT2D eigenvalue weighted by atomic mass is 16.1. The molecule has 0 saturated heterocycles. The van der Waals surface area contributed by atoms with Crippen LogP contribution in [0.1, 0.15) is 0 Å². The third kappa shape index (κ3) is 0.0421. The van der Waals surface area contributed by atoms with E-state index in [1.807, 2.05) is 6.79 Å². The van der Waals surface area contributed by atoms with E-state index in [1.165, 1.54) is 0 Å². The Morgan fingerprint density at radius 1 is 1.50 bits per heavy atom. The summed E-state index contributed by atoms with van der Waals surface area (Å²) in [6.07, 6.45) is 0. The van der Waals surface area contributed by atoms with Crippen molar-refractivity contribution >= 4 is 6.79 Å². The molecule has 0 aromatic carbocycles. The molecule has 4 heavy (non-hydrogen) atoms. The first-order valence-electron chi connectivity index (χ1n) is 0.547. The summed E-state index contributed by atoms with van der Waals surface area (Å²) in [5.74, 6) is 0. The number of nitriles is 1. The van der Waals surface area contributed by atoms with Crippen molar-refractivity contribution in [3.8, 4) is 6.57 Å². The Morgan fingerprint density at radius 3 is 1.50 bits per heavy atom. The van der Waals surface area contributed by atoms with E-state index in [1.54, 1.807) is 0 Å². The van der Waals surface area contributed by atoms with E-state index >= 15 is 0 Å². The molecule has 0 aliphatic heterocycles. The van der Waals surface area contributed by atoms with E-state index < -0.39 is 0 Å². The van der Waals surface area contributed by atoms with Crippen LogP contribution in [0, 0.1) is 11.8 Å². The monoisotopic (exact) mass is 57.0 g/mol. The maximum absolute atomic E-state index is 8.00. The molecule has 0 spiro atoms. The summed E-state index contributed by atoms with van der Waals surface area (Å²) in [4.78, 5) is 8.00.